The van der Waals surface area contributed by atoms with Gasteiger partial charge in [-0.05, 0) is 73.9 Å². The number of carbonyl (C=O) groups is 1. The maximum Gasteiger partial charge on any atom is 0.252 e. The van der Waals surface area contributed by atoms with E-state index in [4.69, 9.17) is 10.7 Å². The SMILES string of the molecule is Cn1c(-c2cc3ccc4c(c3n2CC2CC2)CCNC4)nc2cc(C(=O)N[C@H](I)[C@]3(N)CC[C@H]3I)cc(F)c21. The van der Waals surface area contributed by atoms with Gasteiger partial charge >= 0.3 is 0 Å². The number of halogens is 3. The van der Waals surface area contributed by atoms with Crippen LogP contribution in [0.2, 0.25) is 0 Å². The zero-order chi connectivity index (χ0) is 27.1. The molecule has 0 unspecified atom stereocenters. The number of alkyl halides is 2. The molecule has 0 bridgehead atoms. The van der Waals surface area contributed by atoms with Crippen molar-refractivity contribution < 1.29 is 9.18 Å². The van der Waals surface area contributed by atoms with Gasteiger partial charge in [0.15, 0.2) is 5.82 Å². The maximum absolute atomic E-state index is 15.6. The molecule has 3 heterocycles. The van der Waals surface area contributed by atoms with Crippen LogP contribution in [0.1, 0.15) is 47.2 Å². The predicted octanol–water partition coefficient (Wildman–Crippen LogP) is 5.18. The summed E-state index contributed by atoms with van der Waals surface area (Å²) in [6.45, 7) is 2.80. The van der Waals surface area contributed by atoms with Gasteiger partial charge in [-0.1, -0.05) is 57.3 Å². The first-order valence-corrected chi connectivity index (χ1v) is 16.1. The first-order chi connectivity index (χ1) is 18.7. The normalized spacial score (nSPS) is 23.6. The van der Waals surface area contributed by atoms with Gasteiger partial charge in [-0.3, -0.25) is 4.79 Å². The Kier molecular flexibility index (Phi) is 6.48. The topological polar surface area (TPSA) is 89.9 Å². The van der Waals surface area contributed by atoms with E-state index >= 15 is 4.39 Å². The highest BCUT2D eigenvalue weighted by Gasteiger charge is 2.47. The number of hydrogen-bond donors (Lipinski definition) is 3. The Morgan fingerprint density at radius 2 is 2.10 bits per heavy atom. The Morgan fingerprint density at radius 1 is 1.28 bits per heavy atom. The second kappa shape index (κ2) is 9.66. The van der Waals surface area contributed by atoms with Crippen molar-refractivity contribution in [1.29, 1.82) is 0 Å². The second-order valence-corrected chi connectivity index (χ2v) is 14.2. The summed E-state index contributed by atoms with van der Waals surface area (Å²) in [5, 5.41) is 7.69. The Bertz CT molecular complexity index is 1640. The minimum Gasteiger partial charge on any atom is -0.338 e. The Labute approximate surface area is 253 Å². The van der Waals surface area contributed by atoms with Crippen molar-refractivity contribution in [2.75, 3.05) is 6.54 Å². The molecule has 2 fully saturated rings. The third-order valence-corrected chi connectivity index (χ3v) is 12.1. The maximum atomic E-state index is 15.6. The van der Waals surface area contributed by atoms with Gasteiger partial charge in [-0.15, -0.1) is 0 Å². The lowest BCUT2D eigenvalue weighted by Crippen LogP contribution is -2.66. The molecule has 3 atom stereocenters. The number of nitrogens with two attached hydrogens (primary N) is 1. The number of aryl methyl sites for hydroxylation is 1. The zero-order valence-corrected chi connectivity index (χ0v) is 26.1. The van der Waals surface area contributed by atoms with E-state index in [1.807, 2.05) is 11.6 Å². The summed E-state index contributed by atoms with van der Waals surface area (Å²) in [5.41, 5.74) is 12.3. The van der Waals surface area contributed by atoms with Crippen molar-refractivity contribution in [1.82, 2.24) is 24.8 Å². The van der Waals surface area contributed by atoms with E-state index in [0.717, 1.165) is 50.4 Å². The molecule has 3 aliphatic rings. The number of fused-ring (bicyclic) bond motifs is 4. The molecule has 0 spiro atoms. The average molecular weight is 752 g/mol. The molecule has 0 radical (unpaired) electrons. The lowest BCUT2D eigenvalue weighted by atomic mass is 9.77. The van der Waals surface area contributed by atoms with Gasteiger partial charge in [-0.25, -0.2) is 9.37 Å². The van der Waals surface area contributed by atoms with Gasteiger partial charge in [-0.2, -0.15) is 0 Å². The molecule has 0 saturated heterocycles. The molecule has 2 saturated carbocycles. The first-order valence-electron chi connectivity index (χ1n) is 13.6. The zero-order valence-electron chi connectivity index (χ0n) is 21.7. The van der Waals surface area contributed by atoms with E-state index in [2.05, 4.69) is 78.6 Å². The van der Waals surface area contributed by atoms with Crippen molar-refractivity contribution in [2.24, 2.45) is 18.7 Å². The van der Waals surface area contributed by atoms with Gasteiger partial charge in [0, 0.05) is 35.0 Å². The molecule has 4 N–H and O–H groups in total. The van der Waals surface area contributed by atoms with Crippen LogP contribution in [-0.2, 0) is 26.6 Å². The number of nitrogens with one attached hydrogen (secondary N) is 2. The third-order valence-electron chi connectivity index (χ3n) is 8.83. The summed E-state index contributed by atoms with van der Waals surface area (Å²) in [4.78, 5) is 18.1. The summed E-state index contributed by atoms with van der Waals surface area (Å²) in [6, 6.07) is 9.65. The Balaban J connectivity index is 1.30. The fourth-order valence-corrected chi connectivity index (χ4v) is 8.85. The molecule has 10 heteroatoms. The van der Waals surface area contributed by atoms with Crippen LogP contribution in [0.4, 0.5) is 4.39 Å². The van der Waals surface area contributed by atoms with Crippen molar-refractivity contribution >= 4 is 73.0 Å². The number of hydrogen-bond acceptors (Lipinski definition) is 4. The minimum absolute atomic E-state index is 0.240. The van der Waals surface area contributed by atoms with Crippen molar-refractivity contribution in [2.45, 2.75) is 58.7 Å². The number of amides is 1. The summed E-state index contributed by atoms with van der Waals surface area (Å²) in [7, 11) is 1.86. The Hall–Kier alpha value is -1.77. The van der Waals surface area contributed by atoms with Gasteiger partial charge in [0.1, 0.15) is 11.3 Å². The molecule has 39 heavy (non-hydrogen) atoms. The van der Waals surface area contributed by atoms with E-state index in [1.165, 1.54) is 40.9 Å². The van der Waals surface area contributed by atoms with Crippen LogP contribution in [0.5, 0.6) is 0 Å². The van der Waals surface area contributed by atoms with E-state index in [-0.39, 0.29) is 15.5 Å². The summed E-state index contributed by atoms with van der Waals surface area (Å²) >= 11 is 4.54. The predicted molar refractivity (Wildman–Crippen MR) is 169 cm³/mol. The molecule has 204 valence electrons. The van der Waals surface area contributed by atoms with Crippen LogP contribution >= 0.6 is 45.2 Å². The van der Waals surface area contributed by atoms with Crippen LogP contribution in [-0.4, -0.2) is 40.1 Å². The first kappa shape index (κ1) is 26.1. The van der Waals surface area contributed by atoms with Crippen LogP contribution in [0.3, 0.4) is 0 Å². The third kappa shape index (κ3) is 4.31. The van der Waals surface area contributed by atoms with Crippen LogP contribution in [0.25, 0.3) is 33.5 Å². The molecule has 1 amide bonds. The molecular formula is C29H31FI2N6O. The van der Waals surface area contributed by atoms with Crippen LogP contribution in [0.15, 0.2) is 30.3 Å². The van der Waals surface area contributed by atoms with Gasteiger partial charge in [0.05, 0.1) is 26.3 Å². The van der Waals surface area contributed by atoms with E-state index in [0.29, 0.717) is 20.9 Å². The lowest BCUT2D eigenvalue weighted by molar-refractivity contribution is 0.0928. The molecule has 2 aromatic carbocycles. The van der Waals surface area contributed by atoms with Gasteiger partial charge in [0.2, 0.25) is 0 Å². The van der Waals surface area contributed by atoms with E-state index in [9.17, 15) is 4.79 Å². The largest absolute Gasteiger partial charge is 0.338 e. The highest BCUT2D eigenvalue weighted by Crippen LogP contribution is 2.41. The van der Waals surface area contributed by atoms with Crippen molar-refractivity contribution in [3.05, 3.63) is 52.8 Å². The molecule has 1 aliphatic heterocycles. The highest BCUT2D eigenvalue weighted by molar-refractivity contribution is 14.1. The molecule has 2 aliphatic carbocycles. The molecule has 7 rings (SSSR count). The summed E-state index contributed by atoms with van der Waals surface area (Å²) in [6.07, 6.45) is 5.38. The molecule has 2 aromatic heterocycles. The quantitative estimate of drug-likeness (QED) is 0.144. The van der Waals surface area contributed by atoms with Gasteiger partial charge < -0.3 is 25.5 Å². The molecule has 7 nitrogen and oxygen atoms in total. The van der Waals surface area contributed by atoms with E-state index < -0.39 is 11.4 Å². The van der Waals surface area contributed by atoms with Crippen LogP contribution in [0, 0.1) is 11.7 Å². The summed E-state index contributed by atoms with van der Waals surface area (Å²) < 4.78 is 19.9. The number of imidazole rings is 1. The molecule has 4 aromatic rings. The minimum atomic E-state index is -0.449. The monoisotopic (exact) mass is 752 g/mol. The number of carbonyl (C=O) groups excluding carboxylic acids is 1. The van der Waals surface area contributed by atoms with Crippen molar-refractivity contribution in [3.63, 3.8) is 0 Å². The number of nitrogens with zero attached hydrogens (tertiary/aromatic N) is 3. The fourth-order valence-electron chi connectivity index (χ4n) is 6.15. The number of aromatic nitrogens is 3. The lowest BCUT2D eigenvalue weighted by Gasteiger charge is -2.47. The fraction of sp³-hybridized carbons (Fsp3) is 0.448. The second-order valence-electron chi connectivity index (χ2n) is 11.4. The smallest absolute Gasteiger partial charge is 0.252 e. The molecular weight excluding hydrogens is 721 g/mol. The summed E-state index contributed by atoms with van der Waals surface area (Å²) in [5.74, 6) is 0.611. The number of rotatable bonds is 6. The van der Waals surface area contributed by atoms with Gasteiger partial charge in [0.25, 0.3) is 5.91 Å². The average Bonchev–Trinajstić information content (AvgIpc) is 3.59. The standard InChI is InChI=1S/C29H31FI2N6O/c1-37-25-20(30)10-18(27(39)36-28(32)29(33)8-6-23(29)31)11-21(25)35-26(37)22-12-16-4-5-17-13-34-9-7-19(17)24(16)38(22)14-15-2-3-15/h4-5,10-12,15,23,28,34H,2-3,6-9,13-14,33H2,1H3,(H,36,39)/t23-,28+,29+/m1/s1. The Morgan fingerprint density at radius 3 is 2.82 bits per heavy atom. The van der Waals surface area contributed by atoms with Crippen LogP contribution < -0.4 is 16.4 Å². The van der Waals surface area contributed by atoms with E-state index in [1.54, 1.807) is 6.07 Å². The highest BCUT2D eigenvalue weighted by atomic mass is 127. The van der Waals surface area contributed by atoms with Crippen molar-refractivity contribution in [3.8, 4) is 11.5 Å². The number of benzene rings is 2.